The van der Waals surface area contributed by atoms with Crippen LogP contribution < -0.4 is 0 Å². The standard InChI is InChI=1S/C29H47NO7/c1-4-27(31)10-12-33-14-16-35-18-20-37-21-19-36-17-15-34-13-11-28(32)30-22-26(23-30)29(24(2)3)25-8-6-5-7-9-25/h5-9,24,26,29H,4,10-23H2,1-3H3. The van der Waals surface area contributed by atoms with E-state index >= 15 is 0 Å². The minimum absolute atomic E-state index is 0.168. The molecule has 0 radical (unpaired) electrons. The van der Waals surface area contributed by atoms with Gasteiger partial charge in [0, 0.05) is 31.8 Å². The van der Waals surface area contributed by atoms with Crippen LogP contribution in [0.2, 0.25) is 0 Å². The molecule has 1 atom stereocenters. The van der Waals surface area contributed by atoms with E-state index in [1.54, 1.807) is 0 Å². The van der Waals surface area contributed by atoms with Gasteiger partial charge in [0.2, 0.25) is 5.91 Å². The molecule has 1 aliphatic rings. The number of amides is 1. The van der Waals surface area contributed by atoms with Crippen LogP contribution >= 0.6 is 0 Å². The van der Waals surface area contributed by atoms with Crippen molar-refractivity contribution in [3.8, 4) is 0 Å². The van der Waals surface area contributed by atoms with E-state index < -0.39 is 0 Å². The summed E-state index contributed by atoms with van der Waals surface area (Å²) < 4.78 is 27.3. The second-order valence-electron chi connectivity index (χ2n) is 9.69. The highest BCUT2D eigenvalue weighted by molar-refractivity contribution is 5.78. The molecule has 1 aromatic carbocycles. The van der Waals surface area contributed by atoms with E-state index in [-0.39, 0.29) is 11.7 Å². The normalized spacial score (nSPS) is 14.6. The Labute approximate surface area is 222 Å². The lowest BCUT2D eigenvalue weighted by Gasteiger charge is -2.45. The van der Waals surface area contributed by atoms with Gasteiger partial charge in [-0.15, -0.1) is 0 Å². The predicted molar refractivity (Wildman–Crippen MR) is 143 cm³/mol. The summed E-state index contributed by atoms with van der Waals surface area (Å²) in [5, 5.41) is 0. The van der Waals surface area contributed by atoms with E-state index in [4.69, 9.17) is 23.7 Å². The number of hydrogen-bond donors (Lipinski definition) is 0. The molecule has 1 aromatic rings. The van der Waals surface area contributed by atoms with Crippen molar-refractivity contribution in [2.24, 2.45) is 11.8 Å². The molecule has 1 aliphatic heterocycles. The van der Waals surface area contributed by atoms with Crippen molar-refractivity contribution in [1.82, 2.24) is 4.90 Å². The zero-order valence-corrected chi connectivity index (χ0v) is 23.0. The molecule has 1 heterocycles. The second kappa shape index (κ2) is 19.3. The van der Waals surface area contributed by atoms with Crippen LogP contribution in [-0.2, 0) is 33.3 Å². The van der Waals surface area contributed by atoms with Gasteiger partial charge in [0.1, 0.15) is 5.78 Å². The van der Waals surface area contributed by atoms with Gasteiger partial charge in [0.15, 0.2) is 0 Å². The topological polar surface area (TPSA) is 83.5 Å². The SMILES string of the molecule is CCC(=O)CCOCCOCCOCCOCCOCCC(=O)N1CC(C(c2ccccc2)C(C)C)C1. The molecule has 0 bridgehead atoms. The quantitative estimate of drug-likeness (QED) is 0.215. The number of benzene rings is 1. The number of ether oxygens (including phenoxy) is 5. The Kier molecular flexibility index (Phi) is 16.3. The van der Waals surface area contributed by atoms with E-state index in [1.165, 1.54) is 5.56 Å². The Bertz CT molecular complexity index is 737. The zero-order chi connectivity index (χ0) is 26.7. The summed E-state index contributed by atoms with van der Waals surface area (Å²) in [5.41, 5.74) is 1.37. The van der Waals surface area contributed by atoms with Crippen molar-refractivity contribution in [1.29, 1.82) is 0 Å². The number of rotatable bonds is 22. The van der Waals surface area contributed by atoms with Crippen LogP contribution in [0, 0.1) is 11.8 Å². The molecule has 0 aromatic heterocycles. The third-order valence-corrected chi connectivity index (χ3v) is 6.54. The lowest BCUT2D eigenvalue weighted by Crippen LogP contribution is -2.53. The molecule has 37 heavy (non-hydrogen) atoms. The number of likely N-dealkylation sites (tertiary alicyclic amines) is 1. The van der Waals surface area contributed by atoms with Crippen LogP contribution in [0.5, 0.6) is 0 Å². The summed E-state index contributed by atoms with van der Waals surface area (Å²) in [6.45, 7) is 12.8. The summed E-state index contributed by atoms with van der Waals surface area (Å²) in [6, 6.07) is 10.6. The molecular weight excluding hydrogens is 474 g/mol. The van der Waals surface area contributed by atoms with Gasteiger partial charge in [-0.1, -0.05) is 51.1 Å². The molecule has 0 spiro atoms. The van der Waals surface area contributed by atoms with E-state index in [2.05, 4.69) is 44.2 Å². The first-order valence-corrected chi connectivity index (χ1v) is 13.8. The fraction of sp³-hybridized carbons (Fsp3) is 0.724. The molecule has 1 fully saturated rings. The third-order valence-electron chi connectivity index (χ3n) is 6.54. The molecule has 0 aliphatic carbocycles. The first-order valence-electron chi connectivity index (χ1n) is 13.8. The Morgan fingerprint density at radius 2 is 1.22 bits per heavy atom. The Morgan fingerprint density at radius 3 is 1.68 bits per heavy atom. The summed E-state index contributed by atoms with van der Waals surface area (Å²) in [7, 11) is 0. The smallest absolute Gasteiger partial charge is 0.224 e. The largest absolute Gasteiger partial charge is 0.379 e. The number of carbonyl (C=O) groups excluding carboxylic acids is 2. The van der Waals surface area contributed by atoms with Crippen LogP contribution in [0.4, 0.5) is 0 Å². The maximum atomic E-state index is 12.5. The summed E-state index contributed by atoms with van der Waals surface area (Å²) >= 11 is 0. The molecule has 8 heteroatoms. The summed E-state index contributed by atoms with van der Waals surface area (Å²) in [4.78, 5) is 25.5. The fourth-order valence-corrected chi connectivity index (χ4v) is 4.48. The van der Waals surface area contributed by atoms with Gasteiger partial charge in [-0.3, -0.25) is 9.59 Å². The first-order chi connectivity index (χ1) is 18.0. The van der Waals surface area contributed by atoms with Gasteiger partial charge >= 0.3 is 0 Å². The molecule has 8 nitrogen and oxygen atoms in total. The minimum Gasteiger partial charge on any atom is -0.379 e. The van der Waals surface area contributed by atoms with Crippen molar-refractivity contribution in [3.05, 3.63) is 35.9 Å². The molecule has 0 saturated carbocycles. The Morgan fingerprint density at radius 1 is 0.757 bits per heavy atom. The highest BCUT2D eigenvalue weighted by Gasteiger charge is 2.37. The fourth-order valence-electron chi connectivity index (χ4n) is 4.48. The average molecular weight is 522 g/mol. The van der Waals surface area contributed by atoms with Crippen LogP contribution in [0.3, 0.4) is 0 Å². The van der Waals surface area contributed by atoms with Crippen LogP contribution in [-0.4, -0.2) is 95.7 Å². The lowest BCUT2D eigenvalue weighted by molar-refractivity contribution is -0.139. The number of carbonyl (C=O) groups is 2. The maximum absolute atomic E-state index is 12.5. The third kappa shape index (κ3) is 13.0. The van der Waals surface area contributed by atoms with Gasteiger partial charge in [-0.25, -0.2) is 0 Å². The number of hydrogen-bond acceptors (Lipinski definition) is 7. The molecule has 0 N–H and O–H groups in total. The minimum atomic E-state index is 0.168. The van der Waals surface area contributed by atoms with Crippen LogP contribution in [0.1, 0.15) is 51.5 Å². The number of Topliss-reactive ketones (excluding diaryl/α,β-unsaturated/α-hetero) is 1. The second-order valence-corrected chi connectivity index (χ2v) is 9.69. The van der Waals surface area contributed by atoms with Crippen molar-refractivity contribution in [2.75, 3.05) is 79.2 Å². The molecule has 1 unspecified atom stereocenters. The lowest BCUT2D eigenvalue weighted by atomic mass is 9.74. The van der Waals surface area contributed by atoms with Gasteiger partial charge in [-0.05, 0) is 17.4 Å². The van der Waals surface area contributed by atoms with Crippen LogP contribution in [0.15, 0.2) is 30.3 Å². The number of nitrogens with zero attached hydrogens (tertiary/aromatic N) is 1. The van der Waals surface area contributed by atoms with Gasteiger partial charge < -0.3 is 28.6 Å². The predicted octanol–water partition coefficient (Wildman–Crippen LogP) is 3.73. The van der Waals surface area contributed by atoms with E-state index in [0.29, 0.717) is 103 Å². The molecule has 1 amide bonds. The van der Waals surface area contributed by atoms with Crippen molar-refractivity contribution >= 4 is 11.7 Å². The van der Waals surface area contributed by atoms with Gasteiger partial charge in [0.25, 0.3) is 0 Å². The summed E-state index contributed by atoms with van der Waals surface area (Å²) in [5.74, 6) is 1.95. The maximum Gasteiger partial charge on any atom is 0.224 e. The average Bonchev–Trinajstić information content (AvgIpc) is 2.87. The molecular formula is C29H47NO7. The highest BCUT2D eigenvalue weighted by Crippen LogP contribution is 2.37. The molecule has 2 rings (SSSR count). The van der Waals surface area contributed by atoms with Crippen molar-refractivity contribution < 1.29 is 33.3 Å². The van der Waals surface area contributed by atoms with Gasteiger partial charge in [-0.2, -0.15) is 0 Å². The van der Waals surface area contributed by atoms with E-state index in [0.717, 1.165) is 13.1 Å². The zero-order valence-electron chi connectivity index (χ0n) is 23.0. The van der Waals surface area contributed by atoms with E-state index in [9.17, 15) is 9.59 Å². The van der Waals surface area contributed by atoms with Crippen molar-refractivity contribution in [3.63, 3.8) is 0 Å². The van der Waals surface area contributed by atoms with Crippen LogP contribution in [0.25, 0.3) is 0 Å². The van der Waals surface area contributed by atoms with Crippen molar-refractivity contribution in [2.45, 2.75) is 46.0 Å². The first kappa shape index (κ1) is 31.4. The monoisotopic (exact) mass is 521 g/mol. The highest BCUT2D eigenvalue weighted by atomic mass is 16.6. The summed E-state index contributed by atoms with van der Waals surface area (Å²) in [6.07, 6.45) is 1.44. The Balaban J connectivity index is 1.35. The number of ketones is 1. The molecule has 210 valence electrons. The van der Waals surface area contributed by atoms with E-state index in [1.807, 2.05) is 11.8 Å². The Hall–Kier alpha value is -1.84. The molecule has 1 saturated heterocycles. The van der Waals surface area contributed by atoms with Gasteiger partial charge in [0.05, 0.1) is 72.5 Å².